The molecule has 0 radical (unpaired) electrons. The Morgan fingerprint density at radius 1 is 1.30 bits per heavy atom. The average molecular weight is 267 g/mol. The van der Waals surface area contributed by atoms with Gasteiger partial charge in [-0.15, -0.1) is 0 Å². The van der Waals surface area contributed by atoms with Crippen LogP contribution < -0.4 is 0 Å². The topological polar surface area (TPSA) is 30.0 Å². The Morgan fingerprint density at radius 2 is 1.90 bits per heavy atom. The van der Waals surface area contributed by atoms with Crippen LogP contribution in [0.5, 0.6) is 0 Å². The summed E-state index contributed by atoms with van der Waals surface area (Å²) >= 11 is 6.48. The molecule has 0 amide bonds. The van der Waals surface area contributed by atoms with Crippen LogP contribution in [0.15, 0.2) is 27.4 Å². The quantitative estimate of drug-likeness (QED) is 0.675. The minimum absolute atomic E-state index is 0.862. The van der Waals surface area contributed by atoms with Gasteiger partial charge in [-0.1, -0.05) is 0 Å². The van der Waals surface area contributed by atoms with Gasteiger partial charge in [0.25, 0.3) is 0 Å². The Hall–Kier alpha value is -0.220. The summed E-state index contributed by atoms with van der Waals surface area (Å²) in [5.41, 5.74) is 0. The van der Waals surface area contributed by atoms with Crippen LogP contribution in [0.2, 0.25) is 0 Å². The van der Waals surface area contributed by atoms with Gasteiger partial charge >= 0.3 is 0 Å². The number of carbonyl (C=O) groups is 1. The maximum Gasteiger partial charge on any atom is 0.106 e. The van der Waals surface area contributed by atoms with Crippen molar-refractivity contribution in [1.82, 2.24) is 4.98 Å². The van der Waals surface area contributed by atoms with E-state index in [4.69, 9.17) is 4.79 Å². The molecule has 1 aromatic rings. The molecule has 1 rings (SSSR count). The fraction of sp³-hybridized carbons (Fsp3) is 0. The molecule has 0 saturated carbocycles. The fourth-order valence-corrected chi connectivity index (χ4v) is 0.827. The van der Waals surface area contributed by atoms with E-state index in [1.165, 1.54) is 0 Å². The first kappa shape index (κ1) is 9.78. The minimum atomic E-state index is 0.862. The summed E-state index contributed by atoms with van der Waals surface area (Å²) in [6.45, 7) is 2.00. The highest BCUT2D eigenvalue weighted by atomic mass is 79.9. The van der Waals surface area contributed by atoms with Crippen LogP contribution in [0.1, 0.15) is 0 Å². The first-order valence-electron chi connectivity index (χ1n) is 2.35. The van der Waals surface area contributed by atoms with Crippen LogP contribution in [-0.4, -0.2) is 11.8 Å². The van der Waals surface area contributed by atoms with Crippen molar-refractivity contribution in [3.8, 4) is 0 Å². The van der Waals surface area contributed by atoms with Crippen molar-refractivity contribution in [3.63, 3.8) is 0 Å². The Balaban J connectivity index is 0.000000371. The number of rotatable bonds is 0. The molecule has 0 spiro atoms. The highest BCUT2D eigenvalue weighted by molar-refractivity contribution is 9.11. The van der Waals surface area contributed by atoms with Crippen molar-refractivity contribution in [2.45, 2.75) is 0 Å². The van der Waals surface area contributed by atoms with Gasteiger partial charge in [0.05, 0.1) is 0 Å². The van der Waals surface area contributed by atoms with E-state index in [1.807, 2.05) is 18.9 Å². The van der Waals surface area contributed by atoms with E-state index < -0.39 is 0 Å². The zero-order chi connectivity index (χ0) is 7.98. The van der Waals surface area contributed by atoms with Gasteiger partial charge in [-0.2, -0.15) is 0 Å². The van der Waals surface area contributed by atoms with Crippen LogP contribution >= 0.6 is 31.9 Å². The molecular weight excluding hydrogens is 262 g/mol. The van der Waals surface area contributed by atoms with Crippen LogP contribution in [-0.2, 0) is 4.79 Å². The van der Waals surface area contributed by atoms with Gasteiger partial charge in [0.15, 0.2) is 0 Å². The van der Waals surface area contributed by atoms with Gasteiger partial charge in [0.2, 0.25) is 0 Å². The van der Waals surface area contributed by atoms with Gasteiger partial charge < -0.3 is 4.79 Å². The molecule has 0 aromatic carbocycles. The Kier molecular flexibility index (Phi) is 5.43. The molecule has 0 aliphatic carbocycles. The predicted molar refractivity (Wildman–Crippen MR) is 46.8 cm³/mol. The molecule has 0 aliphatic rings. The molecule has 1 aromatic heterocycles. The highest BCUT2D eigenvalue weighted by Crippen LogP contribution is 2.10. The molecule has 0 saturated heterocycles. The van der Waals surface area contributed by atoms with Crippen molar-refractivity contribution in [3.05, 3.63) is 27.4 Å². The summed E-state index contributed by atoms with van der Waals surface area (Å²) in [6.07, 6.45) is 1.74. The summed E-state index contributed by atoms with van der Waals surface area (Å²) in [7, 11) is 0. The number of nitrogens with zero attached hydrogens (tertiary/aromatic N) is 1. The van der Waals surface area contributed by atoms with E-state index in [9.17, 15) is 0 Å². The van der Waals surface area contributed by atoms with E-state index in [1.54, 1.807) is 6.20 Å². The smallest absolute Gasteiger partial charge is 0.106 e. The third kappa shape index (κ3) is 3.74. The van der Waals surface area contributed by atoms with Gasteiger partial charge in [-0.25, -0.2) is 4.98 Å². The molecule has 0 unspecified atom stereocenters. The Morgan fingerprint density at radius 3 is 2.20 bits per heavy atom. The monoisotopic (exact) mass is 265 g/mol. The number of halogens is 2. The molecule has 4 heteroatoms. The van der Waals surface area contributed by atoms with Gasteiger partial charge in [0, 0.05) is 10.7 Å². The number of aromatic nitrogens is 1. The first-order chi connectivity index (χ1) is 4.79. The zero-order valence-corrected chi connectivity index (χ0v) is 8.22. The second kappa shape index (κ2) is 5.56. The zero-order valence-electron chi connectivity index (χ0n) is 5.05. The lowest BCUT2D eigenvalue weighted by atomic mass is 10.5. The van der Waals surface area contributed by atoms with Gasteiger partial charge in [-0.05, 0) is 44.0 Å². The first-order valence-corrected chi connectivity index (χ1v) is 3.93. The van der Waals surface area contributed by atoms with Crippen LogP contribution in [0.3, 0.4) is 0 Å². The van der Waals surface area contributed by atoms with Crippen molar-refractivity contribution < 1.29 is 4.79 Å². The lowest BCUT2D eigenvalue weighted by molar-refractivity contribution is -0.0979. The lowest BCUT2D eigenvalue weighted by Gasteiger charge is -1.86. The number of hydrogen-bond donors (Lipinski definition) is 0. The molecular formula is C6H5Br2NO. The van der Waals surface area contributed by atoms with Crippen LogP contribution in [0.25, 0.3) is 0 Å². The molecule has 0 fully saturated rings. The van der Waals surface area contributed by atoms with Gasteiger partial charge in [-0.3, -0.25) is 0 Å². The summed E-state index contributed by atoms with van der Waals surface area (Å²) < 4.78 is 1.86. The lowest BCUT2D eigenvalue weighted by Crippen LogP contribution is -1.70. The minimum Gasteiger partial charge on any atom is -0.307 e. The fourth-order valence-electron chi connectivity index (χ4n) is 0.358. The predicted octanol–water partition coefficient (Wildman–Crippen LogP) is 2.42. The SMILES string of the molecule is Brc1ccc(Br)nc1.C=O. The molecule has 10 heavy (non-hydrogen) atoms. The molecule has 1 heterocycles. The molecule has 54 valence electrons. The van der Waals surface area contributed by atoms with Crippen LogP contribution in [0, 0.1) is 0 Å². The van der Waals surface area contributed by atoms with Crippen molar-refractivity contribution in [2.75, 3.05) is 0 Å². The molecule has 0 atom stereocenters. The Bertz CT molecular complexity index is 166. The molecule has 0 bridgehead atoms. The standard InChI is InChI=1S/C5H3Br2N.CH2O/c6-4-1-2-5(7)8-3-4;1-2/h1-3H;1H2. The second-order valence-corrected chi connectivity index (χ2v) is 3.03. The summed E-state index contributed by atoms with van der Waals surface area (Å²) in [4.78, 5) is 11.9. The molecule has 0 N–H and O–H groups in total. The van der Waals surface area contributed by atoms with E-state index in [0.717, 1.165) is 9.08 Å². The number of hydrogen-bond acceptors (Lipinski definition) is 2. The maximum atomic E-state index is 8.00. The summed E-state index contributed by atoms with van der Waals surface area (Å²) in [6, 6.07) is 3.81. The van der Waals surface area contributed by atoms with E-state index in [-0.39, 0.29) is 0 Å². The highest BCUT2D eigenvalue weighted by Gasteiger charge is 1.84. The van der Waals surface area contributed by atoms with E-state index in [0.29, 0.717) is 0 Å². The molecule has 0 aliphatic heterocycles. The van der Waals surface area contributed by atoms with Gasteiger partial charge in [0.1, 0.15) is 11.4 Å². The average Bonchev–Trinajstić information content (AvgIpc) is 2.00. The number of pyridine rings is 1. The van der Waals surface area contributed by atoms with Crippen LogP contribution in [0.4, 0.5) is 0 Å². The second-order valence-electron chi connectivity index (χ2n) is 1.30. The third-order valence-electron chi connectivity index (χ3n) is 0.691. The Labute approximate surface area is 75.9 Å². The molecule has 2 nitrogen and oxygen atoms in total. The third-order valence-corrected chi connectivity index (χ3v) is 1.63. The summed E-state index contributed by atoms with van der Waals surface area (Å²) in [5.74, 6) is 0. The maximum absolute atomic E-state index is 8.00. The largest absolute Gasteiger partial charge is 0.307 e. The van der Waals surface area contributed by atoms with Crippen molar-refractivity contribution >= 4 is 38.6 Å². The number of carbonyl (C=O) groups excluding carboxylic acids is 1. The van der Waals surface area contributed by atoms with E-state index >= 15 is 0 Å². The summed E-state index contributed by atoms with van der Waals surface area (Å²) in [5, 5.41) is 0. The van der Waals surface area contributed by atoms with Crippen molar-refractivity contribution in [2.24, 2.45) is 0 Å². The van der Waals surface area contributed by atoms with Crippen molar-refractivity contribution in [1.29, 1.82) is 0 Å². The van der Waals surface area contributed by atoms with E-state index in [2.05, 4.69) is 36.8 Å². The normalized spacial score (nSPS) is 7.80.